The third-order valence-electron chi connectivity index (χ3n) is 3.43. The van der Waals surface area contributed by atoms with Crippen LogP contribution in [0.4, 0.5) is 0 Å². The standard InChI is InChI=1S/C15H22N4O2/c1-5-6-13-17-14(21-18-13)9-19(4)8-12-11(3)15(20)10(2)7-16-12/h7H,5-6,8-9H2,1-4H3,(H,16,20). The maximum atomic E-state index is 11.9. The molecule has 0 aliphatic heterocycles. The Bertz CT molecular complexity index is 660. The van der Waals surface area contributed by atoms with E-state index in [0.717, 1.165) is 35.5 Å². The van der Waals surface area contributed by atoms with E-state index >= 15 is 0 Å². The summed E-state index contributed by atoms with van der Waals surface area (Å²) in [5.41, 5.74) is 2.51. The number of aromatic amines is 1. The Kier molecular flexibility index (Phi) is 4.90. The van der Waals surface area contributed by atoms with Gasteiger partial charge in [-0.2, -0.15) is 4.98 Å². The monoisotopic (exact) mass is 290 g/mol. The topological polar surface area (TPSA) is 75.0 Å². The van der Waals surface area contributed by atoms with Crippen LogP contribution in [-0.2, 0) is 19.5 Å². The first-order valence-electron chi connectivity index (χ1n) is 7.19. The lowest BCUT2D eigenvalue weighted by Crippen LogP contribution is -2.22. The largest absolute Gasteiger partial charge is 0.363 e. The second-order valence-corrected chi connectivity index (χ2v) is 5.43. The van der Waals surface area contributed by atoms with E-state index in [-0.39, 0.29) is 5.43 Å². The second kappa shape index (κ2) is 6.67. The molecule has 0 spiro atoms. The van der Waals surface area contributed by atoms with E-state index in [4.69, 9.17) is 4.52 Å². The molecule has 1 N–H and O–H groups in total. The SMILES string of the molecule is CCCc1noc(CN(C)Cc2[nH]cc(C)c(=O)c2C)n1. The van der Waals surface area contributed by atoms with Crippen LogP contribution in [0.25, 0.3) is 0 Å². The first kappa shape index (κ1) is 15.4. The van der Waals surface area contributed by atoms with E-state index in [1.54, 1.807) is 6.20 Å². The van der Waals surface area contributed by atoms with Crippen molar-refractivity contribution >= 4 is 0 Å². The minimum Gasteiger partial charge on any atom is -0.363 e. The molecule has 0 unspecified atom stereocenters. The summed E-state index contributed by atoms with van der Waals surface area (Å²) in [5.74, 6) is 1.36. The van der Waals surface area contributed by atoms with Crippen LogP contribution in [0.5, 0.6) is 0 Å². The van der Waals surface area contributed by atoms with E-state index in [1.165, 1.54) is 0 Å². The normalized spacial score (nSPS) is 11.3. The summed E-state index contributed by atoms with van der Waals surface area (Å²) >= 11 is 0. The van der Waals surface area contributed by atoms with Gasteiger partial charge in [-0.15, -0.1) is 0 Å². The van der Waals surface area contributed by atoms with E-state index < -0.39 is 0 Å². The molecule has 0 radical (unpaired) electrons. The lowest BCUT2D eigenvalue weighted by molar-refractivity contribution is 0.257. The fraction of sp³-hybridized carbons (Fsp3) is 0.533. The summed E-state index contributed by atoms with van der Waals surface area (Å²) in [6.45, 7) is 6.94. The van der Waals surface area contributed by atoms with Crippen molar-refractivity contribution in [2.75, 3.05) is 7.05 Å². The van der Waals surface area contributed by atoms with Crippen LogP contribution in [0.1, 0.15) is 41.9 Å². The van der Waals surface area contributed by atoms with Gasteiger partial charge in [-0.05, 0) is 27.3 Å². The molecule has 21 heavy (non-hydrogen) atoms. The summed E-state index contributed by atoms with van der Waals surface area (Å²) in [6.07, 6.45) is 3.58. The van der Waals surface area contributed by atoms with Crippen molar-refractivity contribution in [3.05, 3.63) is 45.0 Å². The molecule has 0 aliphatic rings. The van der Waals surface area contributed by atoms with Crippen LogP contribution in [-0.4, -0.2) is 27.1 Å². The highest BCUT2D eigenvalue weighted by Crippen LogP contribution is 2.08. The Morgan fingerprint density at radius 2 is 2.10 bits per heavy atom. The number of pyridine rings is 1. The number of H-pyrrole nitrogens is 1. The average molecular weight is 290 g/mol. The van der Waals surface area contributed by atoms with Crippen molar-refractivity contribution in [2.24, 2.45) is 0 Å². The molecule has 0 fully saturated rings. The van der Waals surface area contributed by atoms with Gasteiger partial charge in [-0.3, -0.25) is 9.69 Å². The van der Waals surface area contributed by atoms with Crippen molar-refractivity contribution in [1.29, 1.82) is 0 Å². The van der Waals surface area contributed by atoms with Crippen LogP contribution in [0.3, 0.4) is 0 Å². The minimum absolute atomic E-state index is 0.0974. The number of aromatic nitrogens is 3. The Labute approximate surface area is 124 Å². The third kappa shape index (κ3) is 3.78. The van der Waals surface area contributed by atoms with Gasteiger partial charge in [-0.25, -0.2) is 0 Å². The maximum Gasteiger partial charge on any atom is 0.240 e. The van der Waals surface area contributed by atoms with Gasteiger partial charge in [0, 0.05) is 36.0 Å². The number of nitrogens with zero attached hydrogens (tertiary/aromatic N) is 3. The molecule has 6 nitrogen and oxygen atoms in total. The van der Waals surface area contributed by atoms with Crippen LogP contribution in [0.2, 0.25) is 0 Å². The van der Waals surface area contributed by atoms with Gasteiger partial charge in [0.05, 0.1) is 6.54 Å². The highest BCUT2D eigenvalue weighted by molar-refractivity contribution is 5.23. The van der Waals surface area contributed by atoms with Gasteiger partial charge in [0.2, 0.25) is 5.89 Å². The van der Waals surface area contributed by atoms with Crippen LogP contribution in [0.15, 0.2) is 15.5 Å². The summed E-state index contributed by atoms with van der Waals surface area (Å²) in [6, 6.07) is 0. The van der Waals surface area contributed by atoms with Crippen LogP contribution < -0.4 is 5.43 Å². The Morgan fingerprint density at radius 1 is 1.33 bits per heavy atom. The number of nitrogens with one attached hydrogen (secondary N) is 1. The molecule has 6 heteroatoms. The van der Waals surface area contributed by atoms with Crippen LogP contribution in [0, 0.1) is 13.8 Å². The molecule has 2 aromatic heterocycles. The number of aryl methyl sites for hydroxylation is 2. The minimum atomic E-state index is 0.0974. The number of hydrogen-bond donors (Lipinski definition) is 1. The molecule has 2 rings (SSSR count). The van der Waals surface area contributed by atoms with Crippen LogP contribution >= 0.6 is 0 Å². The summed E-state index contributed by atoms with van der Waals surface area (Å²) in [5, 5.41) is 3.94. The predicted molar refractivity (Wildman–Crippen MR) is 80.0 cm³/mol. The maximum absolute atomic E-state index is 11.9. The lowest BCUT2D eigenvalue weighted by Gasteiger charge is -2.15. The molecule has 2 aromatic rings. The first-order chi connectivity index (χ1) is 10.0. The molecule has 0 saturated heterocycles. The molecular weight excluding hydrogens is 268 g/mol. The highest BCUT2D eigenvalue weighted by atomic mass is 16.5. The van der Waals surface area contributed by atoms with Crippen molar-refractivity contribution < 1.29 is 4.52 Å². The summed E-state index contributed by atoms with van der Waals surface area (Å²) in [7, 11) is 1.96. The Hall–Kier alpha value is -1.95. The van der Waals surface area contributed by atoms with E-state index in [2.05, 4.69) is 22.0 Å². The van der Waals surface area contributed by atoms with E-state index in [0.29, 0.717) is 19.0 Å². The molecule has 0 aliphatic carbocycles. The zero-order valence-electron chi connectivity index (χ0n) is 13.1. The summed E-state index contributed by atoms with van der Waals surface area (Å²) in [4.78, 5) is 21.5. The molecule has 0 amide bonds. The zero-order chi connectivity index (χ0) is 15.4. The van der Waals surface area contributed by atoms with Crippen molar-refractivity contribution in [1.82, 2.24) is 20.0 Å². The fourth-order valence-electron chi connectivity index (χ4n) is 2.20. The predicted octanol–water partition coefficient (Wildman–Crippen LogP) is 1.96. The molecule has 0 bridgehead atoms. The smallest absolute Gasteiger partial charge is 0.240 e. The molecule has 0 saturated carbocycles. The number of hydrogen-bond acceptors (Lipinski definition) is 5. The quantitative estimate of drug-likeness (QED) is 0.880. The zero-order valence-corrected chi connectivity index (χ0v) is 13.1. The first-order valence-corrected chi connectivity index (χ1v) is 7.19. The lowest BCUT2D eigenvalue weighted by atomic mass is 10.1. The number of rotatable bonds is 6. The van der Waals surface area contributed by atoms with E-state index in [1.807, 2.05) is 25.8 Å². The van der Waals surface area contributed by atoms with Crippen molar-refractivity contribution in [3.8, 4) is 0 Å². The Morgan fingerprint density at radius 3 is 2.81 bits per heavy atom. The van der Waals surface area contributed by atoms with Gasteiger partial charge in [0.15, 0.2) is 11.3 Å². The van der Waals surface area contributed by atoms with Crippen molar-refractivity contribution in [2.45, 2.75) is 46.7 Å². The molecule has 0 atom stereocenters. The van der Waals surface area contributed by atoms with E-state index in [9.17, 15) is 4.79 Å². The Balaban J connectivity index is 2.02. The summed E-state index contributed by atoms with van der Waals surface area (Å²) < 4.78 is 5.22. The molecule has 0 aromatic carbocycles. The average Bonchev–Trinajstić information content (AvgIpc) is 2.87. The van der Waals surface area contributed by atoms with Gasteiger partial charge in [-0.1, -0.05) is 12.1 Å². The van der Waals surface area contributed by atoms with Gasteiger partial charge in [0.25, 0.3) is 0 Å². The van der Waals surface area contributed by atoms with Gasteiger partial charge in [0.1, 0.15) is 0 Å². The third-order valence-corrected chi connectivity index (χ3v) is 3.43. The second-order valence-electron chi connectivity index (χ2n) is 5.43. The van der Waals surface area contributed by atoms with Gasteiger partial charge >= 0.3 is 0 Å². The van der Waals surface area contributed by atoms with Gasteiger partial charge < -0.3 is 9.51 Å². The molecule has 2 heterocycles. The molecular formula is C15H22N4O2. The van der Waals surface area contributed by atoms with Crippen molar-refractivity contribution in [3.63, 3.8) is 0 Å². The molecule has 114 valence electrons. The fourth-order valence-corrected chi connectivity index (χ4v) is 2.20. The highest BCUT2D eigenvalue weighted by Gasteiger charge is 2.11.